The Balaban J connectivity index is 2.15. The highest BCUT2D eigenvalue weighted by atomic mass is 14.3. The van der Waals surface area contributed by atoms with Gasteiger partial charge in [0.05, 0.1) is 0 Å². The second kappa shape index (κ2) is 5.50. The van der Waals surface area contributed by atoms with Crippen LogP contribution in [0.3, 0.4) is 0 Å². The molecule has 0 heterocycles. The average molecular weight is 260 g/mol. The summed E-state index contributed by atoms with van der Waals surface area (Å²) in [4.78, 5) is 0. The molecule has 0 radical (unpaired) electrons. The van der Waals surface area contributed by atoms with Crippen molar-refractivity contribution >= 4 is 0 Å². The fourth-order valence-electron chi connectivity index (χ4n) is 3.21. The Hall–Kier alpha value is -2.08. The minimum absolute atomic E-state index is 1.03. The minimum Gasteiger partial charge on any atom is -0.103 e. The standard InChI is InChI=1S/C20H20/c1-3-5-11-17-16(9-4-2)19-14-13-15-10-7-6-8-12-18(17)20(15)19/h3-4,6-10,12,14H,1,5,11,13H2,2H3/b7-6?,8-6?,9-4-,10-7?,12-8?,15-10?,18-12?. The molecule has 0 aliphatic heterocycles. The topological polar surface area (TPSA) is 0 Å². The van der Waals surface area contributed by atoms with Crippen LogP contribution in [0.5, 0.6) is 0 Å². The molecule has 0 atom stereocenters. The van der Waals surface area contributed by atoms with Gasteiger partial charge in [-0.05, 0) is 59.6 Å². The first-order valence-corrected chi connectivity index (χ1v) is 7.33. The van der Waals surface area contributed by atoms with E-state index in [0.29, 0.717) is 0 Å². The van der Waals surface area contributed by atoms with Gasteiger partial charge in [0.25, 0.3) is 0 Å². The van der Waals surface area contributed by atoms with E-state index in [-0.39, 0.29) is 0 Å². The summed E-state index contributed by atoms with van der Waals surface area (Å²) < 4.78 is 0. The van der Waals surface area contributed by atoms with Crippen LogP contribution in [0, 0.1) is 0 Å². The van der Waals surface area contributed by atoms with Gasteiger partial charge in [-0.2, -0.15) is 0 Å². The Bertz CT molecular complexity index is 652. The van der Waals surface area contributed by atoms with E-state index in [4.69, 9.17) is 0 Å². The zero-order valence-corrected chi connectivity index (χ0v) is 12.0. The van der Waals surface area contributed by atoms with Gasteiger partial charge in [-0.3, -0.25) is 0 Å². The summed E-state index contributed by atoms with van der Waals surface area (Å²) in [5.74, 6) is 0. The number of rotatable bonds is 4. The molecule has 0 bridgehead atoms. The van der Waals surface area contributed by atoms with Crippen LogP contribution in [0.2, 0.25) is 0 Å². The van der Waals surface area contributed by atoms with Crippen molar-refractivity contribution < 1.29 is 0 Å². The highest BCUT2D eigenvalue weighted by molar-refractivity contribution is 5.78. The van der Waals surface area contributed by atoms with Gasteiger partial charge >= 0.3 is 0 Å². The summed E-state index contributed by atoms with van der Waals surface area (Å²) >= 11 is 0. The first-order chi connectivity index (χ1) is 9.86. The van der Waals surface area contributed by atoms with Crippen LogP contribution in [-0.2, 0) is 0 Å². The zero-order valence-electron chi connectivity index (χ0n) is 12.0. The predicted octanol–water partition coefficient (Wildman–Crippen LogP) is 5.52. The molecule has 0 N–H and O–H groups in total. The van der Waals surface area contributed by atoms with Gasteiger partial charge in [-0.25, -0.2) is 0 Å². The van der Waals surface area contributed by atoms with Gasteiger partial charge in [-0.15, -0.1) is 6.58 Å². The Morgan fingerprint density at radius 2 is 2.15 bits per heavy atom. The third kappa shape index (κ3) is 2.02. The minimum atomic E-state index is 1.03. The van der Waals surface area contributed by atoms with E-state index in [1.807, 2.05) is 6.08 Å². The zero-order chi connectivity index (χ0) is 13.9. The smallest absolute Gasteiger partial charge is 0.00701 e. The molecule has 0 fully saturated rings. The molecular weight excluding hydrogens is 240 g/mol. The molecule has 0 spiro atoms. The van der Waals surface area contributed by atoms with Crippen molar-refractivity contribution in [3.63, 3.8) is 0 Å². The largest absolute Gasteiger partial charge is 0.103 e. The second-order valence-corrected chi connectivity index (χ2v) is 5.27. The summed E-state index contributed by atoms with van der Waals surface area (Å²) in [6.07, 6.45) is 22.9. The molecule has 20 heavy (non-hydrogen) atoms. The molecule has 0 unspecified atom stereocenters. The van der Waals surface area contributed by atoms with E-state index in [1.54, 1.807) is 0 Å². The van der Waals surface area contributed by atoms with E-state index in [0.717, 1.165) is 19.3 Å². The monoisotopic (exact) mass is 260 g/mol. The van der Waals surface area contributed by atoms with Crippen molar-refractivity contribution in [3.05, 3.63) is 94.7 Å². The summed E-state index contributed by atoms with van der Waals surface area (Å²) in [6, 6.07) is 0. The first kappa shape index (κ1) is 12.9. The van der Waals surface area contributed by atoms with Crippen molar-refractivity contribution in [2.24, 2.45) is 0 Å². The Morgan fingerprint density at radius 3 is 2.95 bits per heavy atom. The number of hydrogen-bond acceptors (Lipinski definition) is 0. The first-order valence-electron chi connectivity index (χ1n) is 7.33. The summed E-state index contributed by atoms with van der Waals surface area (Å²) in [5, 5.41) is 0. The molecule has 3 rings (SSSR count). The maximum absolute atomic E-state index is 3.87. The maximum atomic E-state index is 3.87. The fourth-order valence-corrected chi connectivity index (χ4v) is 3.21. The van der Waals surface area contributed by atoms with Gasteiger partial charge in [0.2, 0.25) is 0 Å². The van der Waals surface area contributed by atoms with Crippen molar-refractivity contribution in [1.29, 1.82) is 0 Å². The van der Waals surface area contributed by atoms with Crippen LogP contribution in [0.15, 0.2) is 94.7 Å². The lowest BCUT2D eigenvalue weighted by Crippen LogP contribution is -1.90. The molecule has 0 heteroatoms. The van der Waals surface area contributed by atoms with Crippen molar-refractivity contribution in [2.75, 3.05) is 0 Å². The van der Waals surface area contributed by atoms with Crippen LogP contribution in [0.4, 0.5) is 0 Å². The van der Waals surface area contributed by atoms with Crippen molar-refractivity contribution in [2.45, 2.75) is 26.2 Å². The van der Waals surface area contributed by atoms with Gasteiger partial charge in [-0.1, -0.05) is 54.7 Å². The highest BCUT2D eigenvalue weighted by Crippen LogP contribution is 2.48. The quantitative estimate of drug-likeness (QED) is 0.584. The summed E-state index contributed by atoms with van der Waals surface area (Å²) in [5.41, 5.74) is 8.64. The van der Waals surface area contributed by atoms with Gasteiger partial charge < -0.3 is 0 Å². The van der Waals surface area contributed by atoms with E-state index in [2.05, 4.69) is 62.1 Å². The molecule has 0 aromatic heterocycles. The summed E-state index contributed by atoms with van der Waals surface area (Å²) in [7, 11) is 0. The second-order valence-electron chi connectivity index (χ2n) is 5.27. The van der Waals surface area contributed by atoms with Crippen molar-refractivity contribution in [3.8, 4) is 0 Å². The van der Waals surface area contributed by atoms with Crippen LogP contribution in [-0.4, -0.2) is 0 Å². The Labute approximate surface area is 121 Å². The van der Waals surface area contributed by atoms with Gasteiger partial charge in [0.15, 0.2) is 0 Å². The van der Waals surface area contributed by atoms with Gasteiger partial charge in [0.1, 0.15) is 0 Å². The molecule has 0 aromatic rings. The lowest BCUT2D eigenvalue weighted by Gasteiger charge is -2.08. The Morgan fingerprint density at radius 1 is 1.25 bits per heavy atom. The molecule has 0 amide bonds. The molecule has 3 aliphatic carbocycles. The molecular formula is C20H20. The average Bonchev–Trinajstić information content (AvgIpc) is 2.93. The number of allylic oxidation sites excluding steroid dienone is 15. The van der Waals surface area contributed by atoms with Crippen LogP contribution >= 0.6 is 0 Å². The molecule has 3 aliphatic rings. The molecule has 0 saturated heterocycles. The number of hydrogen-bond donors (Lipinski definition) is 0. The highest BCUT2D eigenvalue weighted by Gasteiger charge is 2.30. The third-order valence-electron chi connectivity index (χ3n) is 4.04. The normalized spacial score (nSPS) is 20.2. The third-order valence-corrected chi connectivity index (χ3v) is 4.04. The van der Waals surface area contributed by atoms with Crippen LogP contribution in [0.25, 0.3) is 0 Å². The van der Waals surface area contributed by atoms with Crippen LogP contribution < -0.4 is 0 Å². The van der Waals surface area contributed by atoms with E-state index >= 15 is 0 Å². The van der Waals surface area contributed by atoms with Gasteiger partial charge in [0, 0.05) is 0 Å². The SMILES string of the molecule is C=CCCC1=C(/C=C\C)C2=CCC3=CC=CC=CC1=C32. The lowest BCUT2D eigenvalue weighted by atomic mass is 9.96. The molecule has 100 valence electrons. The maximum Gasteiger partial charge on any atom is -0.00701 e. The lowest BCUT2D eigenvalue weighted by molar-refractivity contribution is 0.992. The molecule has 0 nitrogen and oxygen atoms in total. The summed E-state index contributed by atoms with van der Waals surface area (Å²) in [6.45, 7) is 5.96. The Kier molecular flexibility index (Phi) is 3.56. The molecule has 0 saturated carbocycles. The van der Waals surface area contributed by atoms with E-state index in [1.165, 1.54) is 33.4 Å². The van der Waals surface area contributed by atoms with Crippen LogP contribution in [0.1, 0.15) is 26.2 Å². The van der Waals surface area contributed by atoms with E-state index in [9.17, 15) is 0 Å². The van der Waals surface area contributed by atoms with Crippen molar-refractivity contribution in [1.82, 2.24) is 0 Å². The molecule has 0 aromatic carbocycles. The van der Waals surface area contributed by atoms with E-state index < -0.39 is 0 Å². The predicted molar refractivity (Wildman–Crippen MR) is 87.4 cm³/mol. The fraction of sp³-hybridized carbons (Fsp3) is 0.200.